The van der Waals surface area contributed by atoms with Crippen LogP contribution in [0.5, 0.6) is 5.75 Å². The summed E-state index contributed by atoms with van der Waals surface area (Å²) in [5.41, 5.74) is 7.05. The van der Waals surface area contributed by atoms with Crippen molar-refractivity contribution in [2.45, 2.75) is 0 Å². The normalized spacial score (nSPS) is 13.9. The second-order valence-electron chi connectivity index (χ2n) is 3.98. The summed E-state index contributed by atoms with van der Waals surface area (Å²) >= 11 is 0. The summed E-state index contributed by atoms with van der Waals surface area (Å²) in [7, 11) is 0. The van der Waals surface area contributed by atoms with Crippen molar-refractivity contribution >= 4 is 17.3 Å². The van der Waals surface area contributed by atoms with Gasteiger partial charge in [-0.05, 0) is 24.3 Å². The lowest BCUT2D eigenvalue weighted by atomic mass is 10.2. The van der Waals surface area contributed by atoms with Crippen molar-refractivity contribution in [3.63, 3.8) is 0 Å². The monoisotopic (exact) mass is 244 g/mol. The van der Waals surface area contributed by atoms with E-state index in [-0.39, 0.29) is 5.91 Å². The smallest absolute Gasteiger partial charge is 0.294 e. The van der Waals surface area contributed by atoms with Gasteiger partial charge in [-0.15, -0.1) is 0 Å². The van der Waals surface area contributed by atoms with Crippen molar-refractivity contribution in [3.05, 3.63) is 42.4 Å². The predicted octanol–water partition coefficient (Wildman–Crippen LogP) is 1.90. The molecule has 0 bridgehead atoms. The van der Waals surface area contributed by atoms with Crippen LogP contribution in [0, 0.1) is 0 Å². The van der Waals surface area contributed by atoms with Gasteiger partial charge in [0.1, 0.15) is 6.61 Å². The maximum atomic E-state index is 12.3. The van der Waals surface area contributed by atoms with Crippen LogP contribution in [0.15, 0.2) is 41.0 Å². The third-order valence-electron chi connectivity index (χ3n) is 2.85. The maximum Gasteiger partial charge on any atom is 0.294 e. The molecule has 1 aromatic carbocycles. The number of hydrogen-bond donors (Lipinski definition) is 1. The standard InChI is InChI=1S/C13H12N2O3/c14-9-3-1-4-10-12(9)18-8-6-15(10)13(16)11-5-2-7-17-11/h1-5,7H,6,8,14H2. The quantitative estimate of drug-likeness (QED) is 0.778. The van der Waals surface area contributed by atoms with E-state index in [1.807, 2.05) is 6.07 Å². The first-order valence-electron chi connectivity index (χ1n) is 5.64. The summed E-state index contributed by atoms with van der Waals surface area (Å²) in [6.07, 6.45) is 1.48. The Labute approximate surface area is 104 Å². The molecule has 5 heteroatoms. The lowest BCUT2D eigenvalue weighted by Gasteiger charge is -2.29. The van der Waals surface area contributed by atoms with Gasteiger partial charge in [0.15, 0.2) is 11.5 Å². The number of benzene rings is 1. The second-order valence-corrected chi connectivity index (χ2v) is 3.98. The van der Waals surface area contributed by atoms with Crippen molar-refractivity contribution in [2.24, 2.45) is 0 Å². The van der Waals surface area contributed by atoms with Gasteiger partial charge in [0.25, 0.3) is 5.91 Å². The van der Waals surface area contributed by atoms with Crippen molar-refractivity contribution in [2.75, 3.05) is 23.8 Å². The first-order chi connectivity index (χ1) is 8.77. The van der Waals surface area contributed by atoms with Crippen LogP contribution in [0.25, 0.3) is 0 Å². The highest BCUT2D eigenvalue weighted by atomic mass is 16.5. The van der Waals surface area contributed by atoms with E-state index in [1.165, 1.54) is 6.26 Å². The summed E-state index contributed by atoms with van der Waals surface area (Å²) in [5.74, 6) is 0.684. The average Bonchev–Trinajstić information content (AvgIpc) is 2.92. The third kappa shape index (κ3) is 1.60. The topological polar surface area (TPSA) is 68.7 Å². The lowest BCUT2D eigenvalue weighted by molar-refractivity contribution is 0.0950. The van der Waals surface area contributed by atoms with Gasteiger partial charge >= 0.3 is 0 Å². The van der Waals surface area contributed by atoms with Gasteiger partial charge in [-0.25, -0.2) is 0 Å². The number of amides is 1. The minimum absolute atomic E-state index is 0.185. The Morgan fingerprint density at radius 2 is 2.17 bits per heavy atom. The van der Waals surface area contributed by atoms with Gasteiger partial charge < -0.3 is 14.9 Å². The number of carbonyl (C=O) groups is 1. The zero-order chi connectivity index (χ0) is 12.5. The Bertz CT molecular complexity index is 578. The highest BCUT2D eigenvalue weighted by molar-refractivity contribution is 6.05. The summed E-state index contributed by atoms with van der Waals surface area (Å²) in [6, 6.07) is 8.69. The van der Waals surface area contributed by atoms with Crippen LogP contribution in [0.4, 0.5) is 11.4 Å². The third-order valence-corrected chi connectivity index (χ3v) is 2.85. The zero-order valence-electron chi connectivity index (χ0n) is 9.63. The molecule has 0 saturated heterocycles. The number of hydrogen-bond acceptors (Lipinski definition) is 4. The molecule has 0 saturated carbocycles. The van der Waals surface area contributed by atoms with Crippen LogP contribution < -0.4 is 15.4 Å². The zero-order valence-corrected chi connectivity index (χ0v) is 9.63. The van der Waals surface area contributed by atoms with Gasteiger partial charge in [-0.1, -0.05) is 6.07 Å². The highest BCUT2D eigenvalue weighted by Gasteiger charge is 2.27. The summed E-state index contributed by atoms with van der Waals surface area (Å²) in [4.78, 5) is 13.9. The predicted molar refractivity (Wildman–Crippen MR) is 66.7 cm³/mol. The lowest BCUT2D eigenvalue weighted by Crippen LogP contribution is -2.38. The maximum absolute atomic E-state index is 12.3. The van der Waals surface area contributed by atoms with Gasteiger partial charge in [0.2, 0.25) is 0 Å². The molecule has 0 aliphatic carbocycles. The number of nitrogens with two attached hydrogens (primary N) is 1. The molecule has 0 fully saturated rings. The molecule has 92 valence electrons. The number of nitrogen functional groups attached to an aromatic ring is 1. The molecule has 2 N–H and O–H groups in total. The van der Waals surface area contributed by atoms with E-state index < -0.39 is 0 Å². The van der Waals surface area contributed by atoms with E-state index in [0.29, 0.717) is 36.0 Å². The molecule has 2 aromatic rings. The first kappa shape index (κ1) is 10.7. The highest BCUT2D eigenvalue weighted by Crippen LogP contribution is 2.37. The molecule has 0 radical (unpaired) electrons. The van der Waals surface area contributed by atoms with Crippen LogP contribution in [-0.4, -0.2) is 19.1 Å². The fraction of sp³-hybridized carbons (Fsp3) is 0.154. The Kier molecular flexibility index (Phi) is 2.44. The van der Waals surface area contributed by atoms with Gasteiger partial charge in [0.05, 0.1) is 24.2 Å². The molecule has 0 spiro atoms. The number of rotatable bonds is 1. The molecule has 2 heterocycles. The fourth-order valence-electron chi connectivity index (χ4n) is 2.02. The summed E-state index contributed by atoms with van der Waals surface area (Å²) in [5, 5.41) is 0. The average molecular weight is 244 g/mol. The van der Waals surface area contributed by atoms with Crippen molar-refractivity contribution < 1.29 is 13.9 Å². The summed E-state index contributed by atoms with van der Waals surface area (Å²) < 4.78 is 10.6. The van der Waals surface area contributed by atoms with Crippen LogP contribution in [0.3, 0.4) is 0 Å². The fourth-order valence-corrected chi connectivity index (χ4v) is 2.02. The molecule has 1 aliphatic rings. The van der Waals surface area contributed by atoms with E-state index in [9.17, 15) is 4.79 Å². The molecule has 1 aliphatic heterocycles. The van der Waals surface area contributed by atoms with E-state index in [2.05, 4.69) is 0 Å². The second kappa shape index (κ2) is 4.10. The van der Waals surface area contributed by atoms with Gasteiger partial charge in [-0.2, -0.15) is 0 Å². The molecule has 0 unspecified atom stereocenters. The van der Waals surface area contributed by atoms with E-state index in [4.69, 9.17) is 14.9 Å². The van der Waals surface area contributed by atoms with Crippen molar-refractivity contribution in [1.29, 1.82) is 0 Å². The van der Waals surface area contributed by atoms with Crippen molar-refractivity contribution in [1.82, 2.24) is 0 Å². The Morgan fingerprint density at radius 3 is 2.94 bits per heavy atom. The molecule has 1 aromatic heterocycles. The molecule has 1 amide bonds. The first-order valence-corrected chi connectivity index (χ1v) is 5.64. The van der Waals surface area contributed by atoms with E-state index >= 15 is 0 Å². The molecule has 3 rings (SSSR count). The number of nitrogens with zero attached hydrogens (tertiary/aromatic N) is 1. The van der Waals surface area contributed by atoms with Crippen LogP contribution >= 0.6 is 0 Å². The van der Waals surface area contributed by atoms with Crippen LogP contribution in [0.2, 0.25) is 0 Å². The number of anilines is 2. The van der Waals surface area contributed by atoms with Crippen molar-refractivity contribution in [3.8, 4) is 5.75 Å². The van der Waals surface area contributed by atoms with E-state index in [1.54, 1.807) is 29.2 Å². The van der Waals surface area contributed by atoms with E-state index in [0.717, 1.165) is 0 Å². The largest absolute Gasteiger partial charge is 0.487 e. The molecule has 18 heavy (non-hydrogen) atoms. The minimum atomic E-state index is -0.185. The van der Waals surface area contributed by atoms with Crippen LogP contribution in [0.1, 0.15) is 10.6 Å². The molecule has 0 atom stereocenters. The molecular formula is C13H12N2O3. The molecular weight excluding hydrogens is 232 g/mol. The minimum Gasteiger partial charge on any atom is -0.487 e. The number of furan rings is 1. The Morgan fingerprint density at radius 1 is 1.28 bits per heavy atom. The molecule has 5 nitrogen and oxygen atoms in total. The number of para-hydroxylation sites is 1. The number of carbonyl (C=O) groups excluding carboxylic acids is 1. The van der Waals surface area contributed by atoms with Crippen LogP contribution in [-0.2, 0) is 0 Å². The Hall–Kier alpha value is -2.43. The Balaban J connectivity index is 2.02. The number of fused-ring (bicyclic) bond motifs is 1. The SMILES string of the molecule is Nc1cccc2c1OCCN2C(=O)c1ccco1. The number of ether oxygens (including phenoxy) is 1. The van der Waals surface area contributed by atoms with Gasteiger partial charge in [-0.3, -0.25) is 9.69 Å². The summed E-state index contributed by atoms with van der Waals surface area (Å²) in [6.45, 7) is 0.906. The van der Waals surface area contributed by atoms with Gasteiger partial charge in [0, 0.05) is 0 Å².